The average molecular weight is 875 g/mol. The Bertz CT molecular complexity index is 2290. The molecular weight excluding hydrogens is 825 g/mol. The Morgan fingerprint density at radius 1 is 0.645 bits per heavy atom. The molecule has 2 fully saturated rings. The highest BCUT2D eigenvalue weighted by Gasteiger charge is 2.36. The highest BCUT2D eigenvalue weighted by atomic mass is 32.1. The number of amides is 4. The zero-order valence-electron chi connectivity index (χ0n) is 34.6. The lowest BCUT2D eigenvalue weighted by molar-refractivity contribution is -0.134. The highest BCUT2D eigenvalue weighted by molar-refractivity contribution is 7.10. The number of carbonyl (C=O) groups excluding carboxylic acids is 2. The van der Waals surface area contributed by atoms with Crippen LogP contribution in [0.4, 0.5) is 9.59 Å². The number of rotatable bonds is 15. The topological polar surface area (TPSA) is 179 Å². The minimum absolute atomic E-state index is 0.0748. The van der Waals surface area contributed by atoms with Crippen LogP contribution in [-0.2, 0) is 22.4 Å². The average Bonchev–Trinajstić information content (AvgIpc) is 4.13. The van der Waals surface area contributed by atoms with Crippen LogP contribution in [0.15, 0.2) is 96.0 Å². The lowest BCUT2D eigenvalue weighted by atomic mass is 10.0. The Labute approximate surface area is 367 Å². The molecule has 4 N–H and O–H groups in total. The number of imidazole rings is 2. The summed E-state index contributed by atoms with van der Waals surface area (Å²) in [4.78, 5) is 75.7. The van der Waals surface area contributed by atoms with Crippen LogP contribution in [0.2, 0.25) is 0 Å². The van der Waals surface area contributed by atoms with Gasteiger partial charge in [0.1, 0.15) is 11.6 Å². The van der Waals surface area contributed by atoms with Crippen LogP contribution in [0, 0.1) is 0 Å². The van der Waals surface area contributed by atoms with Crippen molar-refractivity contribution in [1.29, 1.82) is 0 Å². The number of likely N-dealkylation sites (N-methyl/N-ethyl adjacent to an activating group) is 2. The summed E-state index contributed by atoms with van der Waals surface area (Å²) in [6.07, 6.45) is 5.94. The summed E-state index contributed by atoms with van der Waals surface area (Å²) < 4.78 is 0. The molecular formula is C46H50N8O6S2. The molecule has 62 heavy (non-hydrogen) atoms. The quantitative estimate of drug-likeness (QED) is 0.0791. The number of thiophene rings is 2. The largest absolute Gasteiger partial charge is 0.465 e. The van der Waals surface area contributed by atoms with Crippen molar-refractivity contribution in [2.45, 2.75) is 75.5 Å². The van der Waals surface area contributed by atoms with Gasteiger partial charge in [-0.25, -0.2) is 19.6 Å². The highest BCUT2D eigenvalue weighted by Crippen LogP contribution is 2.35. The molecule has 4 aromatic heterocycles. The fraction of sp³-hybridized carbons (Fsp3) is 0.348. The van der Waals surface area contributed by atoms with Gasteiger partial charge in [-0.15, -0.1) is 22.7 Å². The first kappa shape index (κ1) is 42.4. The third-order valence-electron chi connectivity index (χ3n) is 12.2. The van der Waals surface area contributed by atoms with Crippen LogP contribution in [0.5, 0.6) is 0 Å². The van der Waals surface area contributed by atoms with E-state index in [9.17, 15) is 29.4 Å². The normalized spacial score (nSPS) is 17.3. The molecule has 2 aromatic carbocycles. The molecule has 8 rings (SSSR count). The van der Waals surface area contributed by atoms with Crippen molar-refractivity contribution in [2.24, 2.45) is 0 Å². The predicted molar refractivity (Wildman–Crippen MR) is 239 cm³/mol. The number of hydrogen-bond donors (Lipinski definition) is 4. The number of likely N-dealkylation sites (tertiary alicyclic amines) is 2. The predicted octanol–water partition coefficient (Wildman–Crippen LogP) is 8.81. The number of nitrogens with zero attached hydrogens (tertiary/aromatic N) is 6. The maximum atomic E-state index is 13.7. The van der Waals surface area contributed by atoms with E-state index in [1.165, 1.54) is 23.9 Å². The molecule has 0 unspecified atom stereocenters. The Hall–Kier alpha value is -6.26. The summed E-state index contributed by atoms with van der Waals surface area (Å²) in [5.41, 5.74) is 5.74. The van der Waals surface area contributed by atoms with E-state index in [0.29, 0.717) is 25.9 Å². The van der Waals surface area contributed by atoms with Crippen LogP contribution in [0.25, 0.3) is 33.6 Å². The number of H-pyrrole nitrogens is 2. The van der Waals surface area contributed by atoms with E-state index in [-0.39, 0.29) is 36.7 Å². The molecule has 0 radical (unpaired) electrons. The fourth-order valence-electron chi connectivity index (χ4n) is 8.65. The van der Waals surface area contributed by atoms with E-state index in [1.54, 1.807) is 35.1 Å². The van der Waals surface area contributed by atoms with Crippen molar-refractivity contribution < 1.29 is 29.4 Å². The van der Waals surface area contributed by atoms with Crippen LogP contribution in [0.1, 0.15) is 72.0 Å². The first-order valence-corrected chi connectivity index (χ1v) is 22.6. The summed E-state index contributed by atoms with van der Waals surface area (Å²) in [5.74, 6) is 1.30. The molecule has 0 aliphatic carbocycles. The van der Waals surface area contributed by atoms with Gasteiger partial charge in [0.15, 0.2) is 0 Å². The van der Waals surface area contributed by atoms with Crippen molar-refractivity contribution >= 4 is 46.7 Å². The summed E-state index contributed by atoms with van der Waals surface area (Å²) in [6.45, 7) is 1.20. The van der Waals surface area contributed by atoms with Crippen molar-refractivity contribution in [3.8, 4) is 33.6 Å². The second kappa shape index (κ2) is 18.8. The van der Waals surface area contributed by atoms with Gasteiger partial charge in [0.2, 0.25) is 11.8 Å². The second-order valence-corrected chi connectivity index (χ2v) is 18.1. The van der Waals surface area contributed by atoms with Gasteiger partial charge < -0.3 is 39.8 Å². The first-order valence-electron chi connectivity index (χ1n) is 20.9. The van der Waals surface area contributed by atoms with Crippen LogP contribution in [0.3, 0.4) is 0 Å². The second-order valence-electron chi connectivity index (χ2n) is 16.1. The molecule has 2 aliphatic rings. The number of carboxylic acid groups (broad SMARTS) is 2. The van der Waals surface area contributed by atoms with Gasteiger partial charge in [-0.05, 0) is 70.8 Å². The van der Waals surface area contributed by atoms with Crippen LogP contribution < -0.4 is 0 Å². The van der Waals surface area contributed by atoms with E-state index in [2.05, 4.69) is 58.5 Å². The van der Waals surface area contributed by atoms with Crippen LogP contribution in [-0.4, -0.2) is 113 Å². The number of nitrogens with one attached hydrogen (secondary N) is 2. The third-order valence-corrected chi connectivity index (χ3v) is 14.0. The number of aromatic nitrogens is 4. The maximum absolute atomic E-state index is 13.7. The first-order chi connectivity index (χ1) is 30.0. The Kier molecular flexibility index (Phi) is 12.9. The van der Waals surface area contributed by atoms with Gasteiger partial charge in [0.05, 0.1) is 35.9 Å². The van der Waals surface area contributed by atoms with E-state index in [1.807, 2.05) is 44.8 Å². The van der Waals surface area contributed by atoms with E-state index in [0.717, 1.165) is 80.7 Å². The summed E-state index contributed by atoms with van der Waals surface area (Å²) in [6, 6.07) is 23.0. The molecule has 0 saturated carbocycles. The zero-order valence-corrected chi connectivity index (χ0v) is 36.3. The standard InChI is InChI=1S/C46H50N8O6S2/c1-51(45(57)58)33(23-35-7-5-21-61-35)25-41(55)53-19-3-9-39(53)43-47-27-37(49-43)31-15-11-29(12-16-31)30-13-17-32(18-14-30)38-28-48-44(50-38)40-10-4-20-54(40)42(56)26-34(52(2)46(59)60)24-36-8-6-22-62-36/h5-8,11-18,21-22,27-28,33-34,39-40H,3-4,9-10,19-20,23-26H2,1-2H3,(H,47,49)(H,48,50)(H,57,58)(H,59,60)/t33-,34-,39+,40+/m1/s1. The lowest BCUT2D eigenvalue weighted by Crippen LogP contribution is -2.42. The van der Waals surface area contributed by atoms with E-state index >= 15 is 0 Å². The lowest BCUT2D eigenvalue weighted by Gasteiger charge is -2.29. The molecule has 14 nitrogen and oxygen atoms in total. The number of carbonyl (C=O) groups is 4. The zero-order chi connectivity index (χ0) is 43.3. The summed E-state index contributed by atoms with van der Waals surface area (Å²) in [5, 5.41) is 23.3. The number of aromatic amines is 2. The Morgan fingerprint density at radius 3 is 1.39 bits per heavy atom. The smallest absolute Gasteiger partial charge is 0.407 e. The molecule has 0 bridgehead atoms. The number of hydrogen-bond acceptors (Lipinski definition) is 8. The molecule has 6 heterocycles. The molecule has 2 aliphatic heterocycles. The fourth-order valence-corrected chi connectivity index (χ4v) is 10.2. The van der Waals surface area contributed by atoms with Gasteiger partial charge in [-0.3, -0.25) is 9.59 Å². The van der Waals surface area contributed by atoms with Gasteiger partial charge in [0.25, 0.3) is 0 Å². The van der Waals surface area contributed by atoms with Gasteiger partial charge in [-0.1, -0.05) is 60.7 Å². The van der Waals surface area contributed by atoms with Gasteiger partial charge in [0, 0.05) is 74.7 Å². The Morgan fingerprint density at radius 2 is 1.03 bits per heavy atom. The molecule has 6 aromatic rings. The molecule has 16 heteroatoms. The summed E-state index contributed by atoms with van der Waals surface area (Å²) in [7, 11) is 3.06. The summed E-state index contributed by atoms with van der Waals surface area (Å²) >= 11 is 3.12. The van der Waals surface area contributed by atoms with Crippen molar-refractivity contribution in [2.75, 3.05) is 27.2 Å². The molecule has 4 atom stereocenters. The SMILES string of the molecule is CN(C(=O)O)[C@@H](CC(=O)N1CCC[C@H]1c1ncc(-c2ccc(-c3ccc(-c4cnc([C@@H]5CCCN5C(=O)C[C@@H](Cc5cccs5)N(C)C(=O)O)[nH]4)cc3)cc2)[nH]1)Cc1cccs1. The van der Waals surface area contributed by atoms with Crippen molar-refractivity contribution in [1.82, 2.24) is 39.5 Å². The van der Waals surface area contributed by atoms with Crippen molar-refractivity contribution in [3.63, 3.8) is 0 Å². The minimum atomic E-state index is -1.05. The molecule has 322 valence electrons. The van der Waals surface area contributed by atoms with E-state index < -0.39 is 24.3 Å². The number of benzene rings is 2. The molecule has 0 spiro atoms. The minimum Gasteiger partial charge on any atom is -0.465 e. The third kappa shape index (κ3) is 9.45. The monoisotopic (exact) mass is 874 g/mol. The van der Waals surface area contributed by atoms with Crippen LogP contribution >= 0.6 is 22.7 Å². The Balaban J connectivity index is 0.889. The van der Waals surface area contributed by atoms with E-state index in [4.69, 9.17) is 9.97 Å². The van der Waals surface area contributed by atoms with Crippen molar-refractivity contribution in [3.05, 3.63) is 117 Å². The molecule has 2 saturated heterocycles. The van der Waals surface area contributed by atoms with Gasteiger partial charge >= 0.3 is 12.2 Å². The maximum Gasteiger partial charge on any atom is 0.407 e. The molecule has 4 amide bonds. The van der Waals surface area contributed by atoms with Gasteiger partial charge in [-0.2, -0.15) is 0 Å².